The first-order valence-corrected chi connectivity index (χ1v) is 5.23. The molecule has 5 nitrogen and oxygen atoms in total. The number of hydrogen-bond acceptors (Lipinski definition) is 4. The Bertz CT molecular complexity index is 259. The number of ether oxygens (including phenoxy) is 1. The predicted octanol–water partition coefficient (Wildman–Crippen LogP) is 0.398. The standard InChI is InChI=1S/C7H16O5S/c1-6(2,8)5-12-7(3,4)13(9,10)11/h8H,5H2,1-4H3,(H,9,10,11). The summed E-state index contributed by atoms with van der Waals surface area (Å²) in [5.41, 5.74) is -1.12. The average Bonchev–Trinajstić information content (AvgIpc) is 1.79. The summed E-state index contributed by atoms with van der Waals surface area (Å²) in [6, 6.07) is 0. The quantitative estimate of drug-likeness (QED) is 0.659. The van der Waals surface area contributed by atoms with Crippen LogP contribution in [0, 0.1) is 0 Å². The highest BCUT2D eigenvalue weighted by atomic mass is 32.2. The van der Waals surface area contributed by atoms with Gasteiger partial charge < -0.3 is 9.84 Å². The van der Waals surface area contributed by atoms with Gasteiger partial charge in [0, 0.05) is 0 Å². The molecule has 0 bridgehead atoms. The maximum Gasteiger partial charge on any atom is 0.294 e. The van der Waals surface area contributed by atoms with E-state index >= 15 is 0 Å². The maximum atomic E-state index is 10.7. The first-order valence-electron chi connectivity index (χ1n) is 3.79. The fraction of sp³-hybridized carbons (Fsp3) is 1.00. The molecule has 0 aromatic rings. The molecule has 0 rings (SSSR count). The largest absolute Gasteiger partial charge is 0.388 e. The number of aliphatic hydroxyl groups is 1. The first kappa shape index (κ1) is 12.8. The molecule has 0 saturated heterocycles. The van der Waals surface area contributed by atoms with Crippen LogP contribution in [-0.2, 0) is 14.9 Å². The summed E-state index contributed by atoms with van der Waals surface area (Å²) in [4.78, 5) is -1.69. The molecular formula is C7H16O5S. The first-order chi connectivity index (χ1) is 5.46. The van der Waals surface area contributed by atoms with Crippen LogP contribution in [0.4, 0.5) is 0 Å². The molecule has 13 heavy (non-hydrogen) atoms. The van der Waals surface area contributed by atoms with Crippen LogP contribution in [0.25, 0.3) is 0 Å². The second-order valence-electron chi connectivity index (χ2n) is 3.98. The average molecular weight is 212 g/mol. The summed E-state index contributed by atoms with van der Waals surface area (Å²) < 4.78 is 35.0. The van der Waals surface area contributed by atoms with Gasteiger partial charge in [0.05, 0.1) is 12.2 Å². The fourth-order valence-electron chi connectivity index (χ4n) is 0.425. The van der Waals surface area contributed by atoms with E-state index in [0.717, 1.165) is 0 Å². The van der Waals surface area contributed by atoms with Gasteiger partial charge >= 0.3 is 0 Å². The Balaban J connectivity index is 4.38. The molecule has 0 saturated carbocycles. The van der Waals surface area contributed by atoms with Crippen molar-refractivity contribution in [3.8, 4) is 0 Å². The topological polar surface area (TPSA) is 83.8 Å². The van der Waals surface area contributed by atoms with Gasteiger partial charge in [0.15, 0.2) is 4.93 Å². The molecule has 0 aromatic heterocycles. The third-order valence-electron chi connectivity index (χ3n) is 1.39. The van der Waals surface area contributed by atoms with E-state index in [9.17, 15) is 13.5 Å². The van der Waals surface area contributed by atoms with Crippen molar-refractivity contribution < 1.29 is 22.8 Å². The molecule has 0 radical (unpaired) electrons. The number of rotatable bonds is 4. The summed E-state index contributed by atoms with van der Waals surface area (Å²) in [7, 11) is -4.26. The molecule has 80 valence electrons. The van der Waals surface area contributed by atoms with E-state index in [4.69, 9.17) is 9.29 Å². The third-order valence-corrected chi connectivity index (χ3v) is 2.75. The zero-order valence-electron chi connectivity index (χ0n) is 8.23. The Morgan fingerprint density at radius 3 is 1.85 bits per heavy atom. The van der Waals surface area contributed by atoms with Gasteiger partial charge in [-0.2, -0.15) is 8.42 Å². The normalized spacial score (nSPS) is 14.6. The lowest BCUT2D eigenvalue weighted by Crippen LogP contribution is -2.39. The zero-order chi connectivity index (χ0) is 10.9. The van der Waals surface area contributed by atoms with Gasteiger partial charge in [-0.25, -0.2) is 0 Å². The molecule has 6 heteroatoms. The van der Waals surface area contributed by atoms with Gasteiger partial charge in [0.1, 0.15) is 0 Å². The highest BCUT2D eigenvalue weighted by molar-refractivity contribution is 7.87. The van der Waals surface area contributed by atoms with Crippen LogP contribution in [0.15, 0.2) is 0 Å². The molecule has 0 spiro atoms. The van der Waals surface area contributed by atoms with E-state index in [2.05, 4.69) is 0 Å². The highest BCUT2D eigenvalue weighted by Gasteiger charge is 2.35. The third kappa shape index (κ3) is 4.56. The van der Waals surface area contributed by atoms with Crippen molar-refractivity contribution in [2.75, 3.05) is 6.61 Å². The van der Waals surface area contributed by atoms with E-state index < -0.39 is 20.7 Å². The molecule has 0 aliphatic rings. The second-order valence-corrected chi connectivity index (χ2v) is 5.91. The molecule has 0 amide bonds. The molecule has 0 aliphatic heterocycles. The van der Waals surface area contributed by atoms with E-state index in [-0.39, 0.29) is 6.61 Å². The predicted molar refractivity (Wildman–Crippen MR) is 47.9 cm³/mol. The van der Waals surface area contributed by atoms with Crippen LogP contribution in [0.1, 0.15) is 27.7 Å². The van der Waals surface area contributed by atoms with Crippen LogP contribution in [0.5, 0.6) is 0 Å². The summed E-state index contributed by atoms with van der Waals surface area (Å²) in [5.74, 6) is 0. The summed E-state index contributed by atoms with van der Waals surface area (Å²) >= 11 is 0. The molecule has 2 N–H and O–H groups in total. The number of hydrogen-bond donors (Lipinski definition) is 2. The second kappa shape index (κ2) is 3.53. The fourth-order valence-corrected chi connectivity index (χ4v) is 0.633. The molecule has 0 aliphatic carbocycles. The Kier molecular flexibility index (Phi) is 3.48. The van der Waals surface area contributed by atoms with E-state index in [1.165, 1.54) is 27.7 Å². The van der Waals surface area contributed by atoms with Crippen LogP contribution >= 0.6 is 0 Å². The Morgan fingerprint density at radius 1 is 1.23 bits per heavy atom. The molecule has 0 unspecified atom stereocenters. The minimum absolute atomic E-state index is 0.167. The van der Waals surface area contributed by atoms with Gasteiger partial charge in [0.2, 0.25) is 0 Å². The van der Waals surface area contributed by atoms with Gasteiger partial charge in [-0.1, -0.05) is 0 Å². The van der Waals surface area contributed by atoms with Crippen LogP contribution in [0.3, 0.4) is 0 Å². The van der Waals surface area contributed by atoms with E-state index in [0.29, 0.717) is 0 Å². The van der Waals surface area contributed by atoms with Gasteiger partial charge in [-0.15, -0.1) is 0 Å². The maximum absolute atomic E-state index is 10.7. The van der Waals surface area contributed by atoms with Crippen molar-refractivity contribution in [1.29, 1.82) is 0 Å². The summed E-state index contributed by atoms with van der Waals surface area (Å²) in [6.45, 7) is 5.22. The summed E-state index contributed by atoms with van der Waals surface area (Å²) in [5, 5.41) is 9.25. The SMILES string of the molecule is CC(C)(O)COC(C)(C)S(=O)(=O)O. The molecule has 0 atom stereocenters. The van der Waals surface area contributed by atoms with Crippen LogP contribution < -0.4 is 0 Å². The zero-order valence-corrected chi connectivity index (χ0v) is 9.05. The van der Waals surface area contributed by atoms with Crippen molar-refractivity contribution in [3.63, 3.8) is 0 Å². The van der Waals surface area contributed by atoms with Crippen molar-refractivity contribution in [2.45, 2.75) is 38.2 Å². The molecule has 0 aromatic carbocycles. The van der Waals surface area contributed by atoms with Crippen LogP contribution in [0.2, 0.25) is 0 Å². The smallest absolute Gasteiger partial charge is 0.294 e. The molecule has 0 fully saturated rings. The lowest BCUT2D eigenvalue weighted by atomic mass is 10.2. The lowest BCUT2D eigenvalue weighted by molar-refractivity contribution is -0.0600. The monoisotopic (exact) mass is 212 g/mol. The van der Waals surface area contributed by atoms with Crippen molar-refractivity contribution in [2.24, 2.45) is 0 Å². The van der Waals surface area contributed by atoms with E-state index in [1.807, 2.05) is 0 Å². The van der Waals surface area contributed by atoms with Crippen molar-refractivity contribution in [3.05, 3.63) is 0 Å². The molecular weight excluding hydrogens is 196 g/mol. The Hall–Kier alpha value is -0.170. The minimum Gasteiger partial charge on any atom is -0.388 e. The van der Waals surface area contributed by atoms with Gasteiger partial charge in [-0.3, -0.25) is 4.55 Å². The Morgan fingerprint density at radius 2 is 1.62 bits per heavy atom. The van der Waals surface area contributed by atoms with Crippen LogP contribution in [-0.4, -0.2) is 35.2 Å². The molecule has 0 heterocycles. The van der Waals surface area contributed by atoms with Crippen molar-refractivity contribution in [1.82, 2.24) is 0 Å². The van der Waals surface area contributed by atoms with Crippen molar-refractivity contribution >= 4 is 10.1 Å². The minimum atomic E-state index is -4.26. The van der Waals surface area contributed by atoms with Gasteiger partial charge in [-0.05, 0) is 27.7 Å². The summed E-state index contributed by atoms with van der Waals surface area (Å²) in [6.07, 6.45) is 0. The van der Waals surface area contributed by atoms with E-state index in [1.54, 1.807) is 0 Å². The highest BCUT2D eigenvalue weighted by Crippen LogP contribution is 2.18. The Labute approximate surface area is 78.5 Å². The lowest BCUT2D eigenvalue weighted by Gasteiger charge is -2.26. The van der Waals surface area contributed by atoms with Gasteiger partial charge in [0.25, 0.3) is 10.1 Å².